The lowest BCUT2D eigenvalue weighted by atomic mass is 9.85. The van der Waals surface area contributed by atoms with Crippen LogP contribution in [0.15, 0.2) is 42.5 Å². The molecule has 2 aromatic carbocycles. The van der Waals surface area contributed by atoms with E-state index in [2.05, 4.69) is 25.7 Å². The number of nitrogens with zero attached hydrogens (tertiary/aromatic N) is 1. The van der Waals surface area contributed by atoms with Gasteiger partial charge < -0.3 is 15.2 Å². The Morgan fingerprint density at radius 2 is 1.67 bits per heavy atom. The SMILES string of the molecule is CCCCN(CCCC)C(CC)Oc1ccc2c(c1C(=O)c1ccccc1)C(C(N)CCC)C(=O)O2. The molecule has 0 bridgehead atoms. The molecule has 2 aromatic rings. The van der Waals surface area contributed by atoms with Gasteiger partial charge in [0.2, 0.25) is 0 Å². The quantitative estimate of drug-likeness (QED) is 0.140. The van der Waals surface area contributed by atoms with E-state index in [0.29, 0.717) is 34.6 Å². The summed E-state index contributed by atoms with van der Waals surface area (Å²) in [7, 11) is 0. The fourth-order valence-electron chi connectivity index (χ4n) is 4.91. The normalized spacial score (nSPS) is 16.5. The van der Waals surface area contributed by atoms with Gasteiger partial charge in [0.1, 0.15) is 17.4 Å². The molecule has 196 valence electrons. The van der Waals surface area contributed by atoms with Crippen molar-refractivity contribution in [1.82, 2.24) is 4.90 Å². The first kappa shape index (κ1) is 27.9. The van der Waals surface area contributed by atoms with Crippen molar-refractivity contribution in [3.8, 4) is 11.5 Å². The van der Waals surface area contributed by atoms with Crippen LogP contribution in [0.3, 0.4) is 0 Å². The standard InChI is InChI=1S/C30H42N2O4/c1-5-9-19-32(20-10-6-2)25(8-4)35-24-18-17-23-27(26(30(34)36-23)22(31)14-7-3)28(24)29(33)21-15-12-11-13-16-21/h11-13,15-18,22,25-26H,5-10,14,19-20,31H2,1-4H3. The summed E-state index contributed by atoms with van der Waals surface area (Å²) in [6.45, 7) is 10.4. The van der Waals surface area contributed by atoms with Gasteiger partial charge in [-0.25, -0.2) is 0 Å². The average molecular weight is 495 g/mol. The Labute approximate surface area is 216 Å². The topological polar surface area (TPSA) is 81.9 Å². The highest BCUT2D eigenvalue weighted by molar-refractivity contribution is 6.13. The van der Waals surface area contributed by atoms with Crippen molar-refractivity contribution in [2.24, 2.45) is 5.73 Å². The molecule has 0 radical (unpaired) electrons. The minimum Gasteiger partial charge on any atom is -0.474 e. The minimum absolute atomic E-state index is 0.177. The van der Waals surface area contributed by atoms with Crippen molar-refractivity contribution >= 4 is 11.8 Å². The Hall–Kier alpha value is -2.70. The largest absolute Gasteiger partial charge is 0.474 e. The Balaban J connectivity index is 2.10. The first-order chi connectivity index (χ1) is 17.5. The smallest absolute Gasteiger partial charge is 0.320 e. The lowest BCUT2D eigenvalue weighted by molar-refractivity contribution is -0.134. The zero-order chi connectivity index (χ0) is 26.1. The highest BCUT2D eigenvalue weighted by atomic mass is 16.5. The molecular weight excluding hydrogens is 452 g/mol. The molecule has 0 aromatic heterocycles. The summed E-state index contributed by atoms with van der Waals surface area (Å²) in [4.78, 5) is 29.2. The van der Waals surface area contributed by atoms with Gasteiger partial charge in [-0.15, -0.1) is 0 Å². The molecule has 6 nitrogen and oxygen atoms in total. The van der Waals surface area contributed by atoms with Crippen LogP contribution in [0.2, 0.25) is 0 Å². The number of ether oxygens (including phenoxy) is 2. The number of carbonyl (C=O) groups excluding carboxylic acids is 2. The number of hydrogen-bond acceptors (Lipinski definition) is 6. The van der Waals surface area contributed by atoms with Crippen LogP contribution in [0.4, 0.5) is 0 Å². The fraction of sp³-hybridized carbons (Fsp3) is 0.533. The maximum absolute atomic E-state index is 13.9. The summed E-state index contributed by atoms with van der Waals surface area (Å²) < 4.78 is 12.3. The van der Waals surface area contributed by atoms with Gasteiger partial charge in [0.25, 0.3) is 0 Å². The maximum atomic E-state index is 13.9. The van der Waals surface area contributed by atoms with E-state index in [0.717, 1.165) is 51.6 Å². The number of esters is 1. The molecule has 1 heterocycles. The molecule has 0 aliphatic carbocycles. The third-order valence-electron chi connectivity index (χ3n) is 6.87. The second-order valence-corrected chi connectivity index (χ2v) is 9.62. The van der Waals surface area contributed by atoms with E-state index in [1.165, 1.54) is 0 Å². The molecule has 0 amide bonds. The van der Waals surface area contributed by atoms with E-state index in [-0.39, 0.29) is 12.0 Å². The Morgan fingerprint density at radius 3 is 2.25 bits per heavy atom. The van der Waals surface area contributed by atoms with Crippen molar-refractivity contribution < 1.29 is 19.1 Å². The highest BCUT2D eigenvalue weighted by Crippen LogP contribution is 2.44. The van der Waals surface area contributed by atoms with Crippen LogP contribution in [0.25, 0.3) is 0 Å². The van der Waals surface area contributed by atoms with Crippen molar-refractivity contribution in [3.05, 3.63) is 59.2 Å². The predicted molar refractivity (Wildman–Crippen MR) is 144 cm³/mol. The molecule has 36 heavy (non-hydrogen) atoms. The molecule has 0 fully saturated rings. The van der Waals surface area contributed by atoms with Crippen molar-refractivity contribution in [2.45, 2.75) is 90.8 Å². The van der Waals surface area contributed by atoms with Gasteiger partial charge >= 0.3 is 5.97 Å². The van der Waals surface area contributed by atoms with E-state index in [4.69, 9.17) is 15.2 Å². The van der Waals surface area contributed by atoms with Crippen molar-refractivity contribution in [3.63, 3.8) is 0 Å². The second kappa shape index (κ2) is 13.6. The number of nitrogens with two attached hydrogens (primary N) is 1. The zero-order valence-corrected chi connectivity index (χ0v) is 22.3. The number of rotatable bonds is 15. The number of benzene rings is 2. The Morgan fingerprint density at radius 1 is 1.00 bits per heavy atom. The molecule has 3 rings (SSSR count). The molecule has 1 aliphatic rings. The van der Waals surface area contributed by atoms with Crippen LogP contribution in [0.5, 0.6) is 11.5 Å². The number of hydrogen-bond donors (Lipinski definition) is 1. The van der Waals surface area contributed by atoms with Gasteiger partial charge in [-0.1, -0.05) is 77.3 Å². The monoisotopic (exact) mass is 494 g/mol. The third-order valence-corrected chi connectivity index (χ3v) is 6.87. The summed E-state index contributed by atoms with van der Waals surface area (Å²) in [5.74, 6) is -0.380. The van der Waals surface area contributed by atoms with E-state index >= 15 is 0 Å². The molecule has 1 aliphatic heterocycles. The summed E-state index contributed by atoms with van der Waals surface area (Å²) in [5, 5.41) is 0. The van der Waals surface area contributed by atoms with Crippen LogP contribution in [0.1, 0.15) is 100 Å². The van der Waals surface area contributed by atoms with Gasteiger partial charge in [0.15, 0.2) is 12.0 Å². The van der Waals surface area contributed by atoms with Gasteiger partial charge in [0, 0.05) is 30.3 Å². The van der Waals surface area contributed by atoms with Gasteiger partial charge in [-0.2, -0.15) is 0 Å². The summed E-state index contributed by atoms with van der Waals surface area (Å²) in [5.41, 5.74) is 7.98. The average Bonchev–Trinajstić information content (AvgIpc) is 3.23. The molecule has 3 unspecified atom stereocenters. The van der Waals surface area contributed by atoms with Crippen molar-refractivity contribution in [1.29, 1.82) is 0 Å². The second-order valence-electron chi connectivity index (χ2n) is 9.62. The van der Waals surface area contributed by atoms with Gasteiger partial charge in [-0.05, 0) is 37.8 Å². The molecule has 0 spiro atoms. The molecular formula is C30H42N2O4. The molecule has 2 N–H and O–H groups in total. The number of ketones is 1. The lowest BCUT2D eigenvalue weighted by Gasteiger charge is -2.32. The molecule has 0 saturated heterocycles. The van der Waals surface area contributed by atoms with Crippen LogP contribution < -0.4 is 15.2 Å². The van der Waals surface area contributed by atoms with E-state index < -0.39 is 17.9 Å². The molecule has 6 heteroatoms. The Bertz CT molecular complexity index is 1000. The summed E-state index contributed by atoms with van der Waals surface area (Å²) in [6, 6.07) is 12.2. The number of fused-ring (bicyclic) bond motifs is 1. The lowest BCUT2D eigenvalue weighted by Crippen LogP contribution is -2.41. The van der Waals surface area contributed by atoms with Crippen molar-refractivity contribution in [2.75, 3.05) is 13.1 Å². The van der Waals surface area contributed by atoms with E-state index in [1.54, 1.807) is 24.3 Å². The zero-order valence-electron chi connectivity index (χ0n) is 22.3. The first-order valence-corrected chi connectivity index (χ1v) is 13.6. The highest BCUT2D eigenvalue weighted by Gasteiger charge is 2.42. The van der Waals surface area contributed by atoms with E-state index in [9.17, 15) is 9.59 Å². The van der Waals surface area contributed by atoms with Crippen LogP contribution >= 0.6 is 0 Å². The van der Waals surface area contributed by atoms with Gasteiger partial charge in [0.05, 0.1) is 5.56 Å². The number of carbonyl (C=O) groups is 2. The van der Waals surface area contributed by atoms with E-state index in [1.807, 2.05) is 25.1 Å². The predicted octanol–water partition coefficient (Wildman–Crippen LogP) is 6.06. The van der Waals surface area contributed by atoms with Crippen LogP contribution in [-0.4, -0.2) is 42.0 Å². The summed E-state index contributed by atoms with van der Waals surface area (Å²) >= 11 is 0. The number of unbranched alkanes of at least 4 members (excludes halogenated alkanes) is 2. The molecule has 3 atom stereocenters. The van der Waals surface area contributed by atoms with Gasteiger partial charge in [-0.3, -0.25) is 14.5 Å². The Kier molecular flexibility index (Phi) is 10.5. The van der Waals surface area contributed by atoms with Crippen LogP contribution in [0, 0.1) is 0 Å². The third kappa shape index (κ3) is 6.34. The first-order valence-electron chi connectivity index (χ1n) is 13.6. The maximum Gasteiger partial charge on any atom is 0.320 e. The minimum atomic E-state index is -0.692. The summed E-state index contributed by atoms with van der Waals surface area (Å²) in [6.07, 6.45) is 6.46. The fourth-order valence-corrected chi connectivity index (χ4v) is 4.91. The molecule has 0 saturated carbocycles. The van der Waals surface area contributed by atoms with Crippen LogP contribution in [-0.2, 0) is 4.79 Å².